The van der Waals surface area contributed by atoms with Crippen LogP contribution in [-0.2, 0) is 9.84 Å². The molecule has 2 aromatic carbocycles. The van der Waals surface area contributed by atoms with Gasteiger partial charge in [-0.15, -0.1) is 0 Å². The number of rotatable bonds is 4. The minimum Gasteiger partial charge on any atom is -0.335 e. The summed E-state index contributed by atoms with van der Waals surface area (Å²) in [6, 6.07) is 12.0. The van der Waals surface area contributed by atoms with E-state index in [2.05, 4.69) is 15.5 Å². The second-order valence-electron chi connectivity index (χ2n) is 7.19. The van der Waals surface area contributed by atoms with E-state index < -0.39 is 21.6 Å². The quantitative estimate of drug-likeness (QED) is 0.509. The van der Waals surface area contributed by atoms with E-state index in [0.717, 1.165) is 6.26 Å². The van der Waals surface area contributed by atoms with E-state index >= 15 is 0 Å². The molecule has 9 heteroatoms. The molecule has 31 heavy (non-hydrogen) atoms. The van der Waals surface area contributed by atoms with Crippen molar-refractivity contribution in [2.45, 2.75) is 18.7 Å². The second-order valence-corrected chi connectivity index (χ2v) is 9.20. The van der Waals surface area contributed by atoms with Crippen molar-refractivity contribution < 1.29 is 22.1 Å². The Balaban J connectivity index is 1.83. The zero-order valence-electron chi connectivity index (χ0n) is 16.9. The highest BCUT2D eigenvalue weighted by Gasteiger charge is 2.21. The van der Waals surface area contributed by atoms with Gasteiger partial charge in [-0.2, -0.15) is 0 Å². The van der Waals surface area contributed by atoms with Crippen LogP contribution in [0.2, 0.25) is 0 Å². The molecule has 4 rings (SSSR count). The Bertz CT molecular complexity index is 1440. The highest BCUT2D eigenvalue weighted by Crippen LogP contribution is 2.29. The molecule has 1 N–H and O–H groups in total. The van der Waals surface area contributed by atoms with Crippen LogP contribution in [0.15, 0.2) is 57.9 Å². The predicted molar refractivity (Wildman–Crippen MR) is 114 cm³/mol. The monoisotopic (exact) mass is 439 g/mol. The van der Waals surface area contributed by atoms with Gasteiger partial charge in [0.05, 0.1) is 27.2 Å². The average Bonchev–Trinajstić information content (AvgIpc) is 3.09. The molecule has 0 spiro atoms. The van der Waals surface area contributed by atoms with Crippen LogP contribution in [-0.4, -0.2) is 30.7 Å². The van der Waals surface area contributed by atoms with Crippen molar-refractivity contribution in [1.82, 2.24) is 10.1 Å². The summed E-state index contributed by atoms with van der Waals surface area (Å²) in [6.07, 6.45) is 1.09. The Morgan fingerprint density at radius 2 is 1.84 bits per heavy atom. The van der Waals surface area contributed by atoms with Crippen molar-refractivity contribution in [3.63, 3.8) is 0 Å². The molecule has 0 aliphatic carbocycles. The van der Waals surface area contributed by atoms with E-state index in [1.54, 1.807) is 38.1 Å². The number of aromatic nitrogens is 2. The number of aryl methyl sites for hydroxylation is 2. The van der Waals surface area contributed by atoms with Crippen LogP contribution in [0.3, 0.4) is 0 Å². The zero-order valence-corrected chi connectivity index (χ0v) is 17.7. The van der Waals surface area contributed by atoms with Crippen LogP contribution in [0.5, 0.6) is 0 Å². The molecule has 0 aliphatic rings. The summed E-state index contributed by atoms with van der Waals surface area (Å²) in [7, 11) is -3.45. The molecule has 2 aromatic heterocycles. The minimum atomic E-state index is -3.45. The van der Waals surface area contributed by atoms with Gasteiger partial charge in [0, 0.05) is 17.5 Å². The summed E-state index contributed by atoms with van der Waals surface area (Å²) in [4.78, 5) is 17.6. The van der Waals surface area contributed by atoms with Gasteiger partial charge in [0.1, 0.15) is 5.82 Å². The Labute approximate surface area is 177 Å². The highest BCUT2D eigenvalue weighted by molar-refractivity contribution is 7.90. The molecule has 0 unspecified atom stereocenters. The normalized spacial score (nSPS) is 11.6. The maximum atomic E-state index is 14.3. The first-order chi connectivity index (χ1) is 14.6. The fourth-order valence-corrected chi connectivity index (χ4v) is 3.88. The van der Waals surface area contributed by atoms with Gasteiger partial charge in [-0.3, -0.25) is 4.79 Å². The molecule has 0 fully saturated rings. The molecule has 0 aliphatic heterocycles. The fourth-order valence-electron chi connectivity index (χ4n) is 3.24. The van der Waals surface area contributed by atoms with Crippen LogP contribution in [0.25, 0.3) is 22.4 Å². The third-order valence-corrected chi connectivity index (χ3v) is 6.01. The molecule has 0 radical (unpaired) electrons. The smallest absolute Gasteiger partial charge is 0.259 e. The number of sulfone groups is 1. The Hall–Kier alpha value is -3.59. The topological polar surface area (TPSA) is 102 Å². The first-order valence-corrected chi connectivity index (χ1v) is 11.2. The molecular weight excluding hydrogens is 421 g/mol. The second kappa shape index (κ2) is 7.59. The van der Waals surface area contributed by atoms with Crippen LogP contribution < -0.4 is 5.32 Å². The van der Waals surface area contributed by atoms with Gasteiger partial charge in [-0.25, -0.2) is 17.8 Å². The molecule has 2 heterocycles. The van der Waals surface area contributed by atoms with E-state index in [-0.39, 0.29) is 27.4 Å². The van der Waals surface area contributed by atoms with Crippen molar-refractivity contribution in [3.05, 3.63) is 71.2 Å². The Morgan fingerprint density at radius 1 is 1.10 bits per heavy atom. The summed E-state index contributed by atoms with van der Waals surface area (Å²) >= 11 is 0. The van der Waals surface area contributed by atoms with E-state index in [0.29, 0.717) is 22.3 Å². The maximum Gasteiger partial charge on any atom is 0.259 e. The standard InChI is InChI=1S/C22H18FN3O4S/c1-12-8-9-14(31(3,28)29)10-18(12)24-21(27)16-11-19(15-6-4-5-7-17(15)23)25-22-20(16)13(2)26-30-22/h4-11H,1-3H3,(H,24,27). The summed E-state index contributed by atoms with van der Waals surface area (Å²) in [5.74, 6) is -1.02. The summed E-state index contributed by atoms with van der Waals surface area (Å²) in [6.45, 7) is 3.42. The fraction of sp³-hybridized carbons (Fsp3) is 0.136. The molecule has 1 amide bonds. The Kier molecular flexibility index (Phi) is 5.06. The third kappa shape index (κ3) is 3.91. The largest absolute Gasteiger partial charge is 0.335 e. The van der Waals surface area contributed by atoms with Crippen molar-refractivity contribution in [1.29, 1.82) is 0 Å². The first kappa shape index (κ1) is 20.7. The van der Waals surface area contributed by atoms with E-state index in [1.165, 1.54) is 24.3 Å². The SMILES string of the molecule is Cc1ccc(S(C)(=O)=O)cc1NC(=O)c1cc(-c2ccccc2F)nc2onc(C)c12. The van der Waals surface area contributed by atoms with Gasteiger partial charge in [0.15, 0.2) is 9.84 Å². The number of nitrogens with zero attached hydrogens (tertiary/aromatic N) is 2. The molecule has 0 bridgehead atoms. The number of benzene rings is 2. The van der Waals surface area contributed by atoms with Gasteiger partial charge in [0.25, 0.3) is 11.6 Å². The number of hydrogen-bond donors (Lipinski definition) is 1. The number of amides is 1. The van der Waals surface area contributed by atoms with E-state index in [1.807, 2.05) is 0 Å². The number of carbonyl (C=O) groups excluding carboxylic acids is 1. The van der Waals surface area contributed by atoms with E-state index in [9.17, 15) is 17.6 Å². The van der Waals surface area contributed by atoms with Crippen molar-refractivity contribution in [2.24, 2.45) is 0 Å². The number of pyridine rings is 1. The summed E-state index contributed by atoms with van der Waals surface area (Å²) in [5.41, 5.74) is 2.20. The minimum absolute atomic E-state index is 0.0847. The number of halogens is 1. The number of carbonyl (C=O) groups is 1. The zero-order chi connectivity index (χ0) is 22.3. The first-order valence-electron chi connectivity index (χ1n) is 9.29. The molecule has 7 nitrogen and oxygen atoms in total. The predicted octanol–water partition coefficient (Wildman–Crippen LogP) is 4.30. The van der Waals surface area contributed by atoms with Gasteiger partial charge in [-0.05, 0) is 49.7 Å². The lowest BCUT2D eigenvalue weighted by Gasteiger charge is -2.12. The van der Waals surface area contributed by atoms with Crippen LogP contribution >= 0.6 is 0 Å². The van der Waals surface area contributed by atoms with Gasteiger partial charge < -0.3 is 9.84 Å². The van der Waals surface area contributed by atoms with E-state index in [4.69, 9.17) is 4.52 Å². The van der Waals surface area contributed by atoms with Crippen LogP contribution in [0, 0.1) is 19.7 Å². The van der Waals surface area contributed by atoms with Crippen molar-refractivity contribution in [3.8, 4) is 11.3 Å². The average molecular weight is 439 g/mol. The number of fused-ring (bicyclic) bond motifs is 1. The number of hydrogen-bond acceptors (Lipinski definition) is 6. The van der Waals surface area contributed by atoms with Gasteiger partial charge in [-0.1, -0.05) is 23.4 Å². The molecule has 0 saturated heterocycles. The molecular formula is C22H18FN3O4S. The summed E-state index contributed by atoms with van der Waals surface area (Å²) < 4.78 is 43.3. The molecule has 158 valence electrons. The third-order valence-electron chi connectivity index (χ3n) is 4.90. The Morgan fingerprint density at radius 3 is 2.55 bits per heavy atom. The van der Waals surface area contributed by atoms with Crippen molar-refractivity contribution in [2.75, 3.05) is 11.6 Å². The lowest BCUT2D eigenvalue weighted by Crippen LogP contribution is -2.14. The van der Waals surface area contributed by atoms with Crippen molar-refractivity contribution >= 4 is 32.5 Å². The van der Waals surface area contributed by atoms with Crippen LogP contribution in [0.4, 0.5) is 10.1 Å². The molecule has 0 saturated carbocycles. The lowest BCUT2D eigenvalue weighted by molar-refractivity contribution is 0.102. The number of anilines is 1. The van der Waals surface area contributed by atoms with Gasteiger partial charge >= 0.3 is 0 Å². The summed E-state index contributed by atoms with van der Waals surface area (Å²) in [5, 5.41) is 7.02. The lowest BCUT2D eigenvalue weighted by atomic mass is 10.0. The molecule has 4 aromatic rings. The number of nitrogens with one attached hydrogen (secondary N) is 1. The maximum absolute atomic E-state index is 14.3. The van der Waals surface area contributed by atoms with Crippen LogP contribution in [0.1, 0.15) is 21.6 Å². The molecule has 0 atom stereocenters. The highest BCUT2D eigenvalue weighted by atomic mass is 32.2. The van der Waals surface area contributed by atoms with Gasteiger partial charge in [0.2, 0.25) is 0 Å².